The van der Waals surface area contributed by atoms with Crippen molar-refractivity contribution < 1.29 is 36.7 Å². The number of carbonyl (C=O) groups is 3. The molecule has 3 aromatic carbocycles. The topological polar surface area (TPSA) is 140 Å². The van der Waals surface area contributed by atoms with Crippen molar-refractivity contribution in [3.63, 3.8) is 0 Å². The van der Waals surface area contributed by atoms with E-state index in [-0.39, 0.29) is 23.8 Å². The molecule has 2 aliphatic rings. The van der Waals surface area contributed by atoms with Gasteiger partial charge >= 0.3 is 0 Å². The lowest BCUT2D eigenvalue weighted by Gasteiger charge is -2.47. The second-order valence-corrected chi connectivity index (χ2v) is 14.5. The number of benzene rings is 3. The van der Waals surface area contributed by atoms with Gasteiger partial charge in [-0.1, -0.05) is 35.3 Å². The number of carbonyl (C=O) groups excluding carboxylic acids is 3. The van der Waals surface area contributed by atoms with E-state index in [1.54, 1.807) is 37.3 Å². The number of halogens is 3. The molecule has 3 amide bonds. The van der Waals surface area contributed by atoms with Crippen LogP contribution in [0.3, 0.4) is 0 Å². The van der Waals surface area contributed by atoms with Crippen molar-refractivity contribution >= 4 is 56.6 Å². The first kappa shape index (κ1) is 33.6. The van der Waals surface area contributed by atoms with Gasteiger partial charge in [-0.05, 0) is 79.9 Å². The maximum Gasteiger partial charge on any atom is 0.277 e. The predicted molar refractivity (Wildman–Crippen MR) is 171 cm³/mol. The molecule has 14 heteroatoms. The molecule has 0 aliphatic carbocycles. The summed E-state index contributed by atoms with van der Waals surface area (Å²) >= 11 is 12.8. The number of rotatable bonds is 9. The zero-order valence-electron chi connectivity index (χ0n) is 25.4. The Bertz CT molecular complexity index is 1850. The van der Waals surface area contributed by atoms with E-state index in [0.717, 1.165) is 0 Å². The largest absolute Gasteiger partial charge is 0.478 e. The van der Waals surface area contributed by atoms with Crippen LogP contribution < -0.4 is 20.1 Å². The van der Waals surface area contributed by atoms with E-state index in [1.165, 1.54) is 45.2 Å². The smallest absolute Gasteiger partial charge is 0.277 e. The van der Waals surface area contributed by atoms with Crippen LogP contribution in [0.25, 0.3) is 0 Å². The maximum atomic E-state index is 14.7. The molecule has 46 heavy (non-hydrogen) atoms. The molecule has 10 nitrogen and oxygen atoms in total. The van der Waals surface area contributed by atoms with Crippen LogP contribution in [-0.4, -0.2) is 51.2 Å². The van der Waals surface area contributed by atoms with Crippen molar-refractivity contribution in [3.8, 4) is 5.75 Å². The van der Waals surface area contributed by atoms with Crippen LogP contribution in [0.2, 0.25) is 10.0 Å². The van der Waals surface area contributed by atoms with Crippen molar-refractivity contribution in [2.45, 2.75) is 50.2 Å². The average Bonchev–Trinajstić information content (AvgIpc) is 3.25. The third-order valence-corrected chi connectivity index (χ3v) is 10.0. The van der Waals surface area contributed by atoms with Gasteiger partial charge in [0.25, 0.3) is 5.91 Å². The summed E-state index contributed by atoms with van der Waals surface area (Å²) < 4.78 is 52.7. The normalized spacial score (nSPS) is 21.0. The van der Waals surface area contributed by atoms with Gasteiger partial charge < -0.3 is 20.1 Å². The summed E-state index contributed by atoms with van der Waals surface area (Å²) in [5.41, 5.74) is -1.06. The van der Waals surface area contributed by atoms with Crippen molar-refractivity contribution in [1.82, 2.24) is 10.0 Å². The molecule has 2 heterocycles. The highest BCUT2D eigenvalue weighted by atomic mass is 35.5. The number of hydrogen-bond donors (Lipinski definition) is 3. The molecular formula is C32H32Cl2FN3O7S. The monoisotopic (exact) mass is 691 g/mol. The van der Waals surface area contributed by atoms with Gasteiger partial charge in [-0.2, -0.15) is 0 Å². The number of methoxy groups -OCH3 is 1. The molecule has 3 aromatic rings. The van der Waals surface area contributed by atoms with Crippen LogP contribution in [0.1, 0.15) is 54.5 Å². The minimum absolute atomic E-state index is 0.0860. The summed E-state index contributed by atoms with van der Waals surface area (Å²) in [6.07, 6.45) is -0.213. The highest BCUT2D eigenvalue weighted by Gasteiger charge is 2.62. The highest BCUT2D eigenvalue weighted by Crippen LogP contribution is 2.59. The first-order valence-corrected chi connectivity index (χ1v) is 16.7. The Morgan fingerprint density at radius 3 is 2.48 bits per heavy atom. The van der Waals surface area contributed by atoms with Crippen LogP contribution in [-0.2, 0) is 34.6 Å². The van der Waals surface area contributed by atoms with Crippen molar-refractivity contribution in [1.29, 1.82) is 0 Å². The Labute approximate surface area is 276 Å². The van der Waals surface area contributed by atoms with E-state index in [0.29, 0.717) is 33.0 Å². The molecule has 0 bridgehead atoms. The summed E-state index contributed by atoms with van der Waals surface area (Å²) in [7, 11) is -2.71. The van der Waals surface area contributed by atoms with E-state index in [4.69, 9.17) is 32.7 Å². The molecule has 244 valence electrons. The molecule has 3 unspecified atom stereocenters. The fraction of sp³-hybridized carbons (Fsp3) is 0.344. The van der Waals surface area contributed by atoms with Crippen molar-refractivity contribution in [2.24, 2.45) is 0 Å². The van der Waals surface area contributed by atoms with Crippen molar-refractivity contribution in [2.75, 3.05) is 24.8 Å². The van der Waals surface area contributed by atoms with Crippen molar-refractivity contribution in [3.05, 3.63) is 92.7 Å². The number of aryl methyl sites for hydroxylation is 1. The zero-order chi connectivity index (χ0) is 33.6. The lowest BCUT2D eigenvalue weighted by Crippen LogP contribution is -2.57. The van der Waals surface area contributed by atoms with Gasteiger partial charge in [-0.25, -0.2) is 17.5 Å². The van der Waals surface area contributed by atoms with E-state index >= 15 is 0 Å². The van der Waals surface area contributed by atoms with E-state index < -0.39 is 62.3 Å². The van der Waals surface area contributed by atoms with E-state index in [9.17, 15) is 27.2 Å². The van der Waals surface area contributed by atoms with Crippen LogP contribution >= 0.6 is 23.2 Å². The number of anilines is 1. The summed E-state index contributed by atoms with van der Waals surface area (Å²) in [4.78, 5) is 41.1. The van der Waals surface area contributed by atoms with Crippen LogP contribution in [0, 0.1) is 12.7 Å². The van der Waals surface area contributed by atoms with Gasteiger partial charge in [0.15, 0.2) is 5.60 Å². The summed E-state index contributed by atoms with van der Waals surface area (Å²) in [6, 6.07) is 12.6. The van der Waals surface area contributed by atoms with Crippen LogP contribution in [0.15, 0.2) is 54.6 Å². The molecule has 5 rings (SSSR count). The summed E-state index contributed by atoms with van der Waals surface area (Å²) in [5, 5.41) is 6.47. The Balaban J connectivity index is 1.68. The Kier molecular flexibility index (Phi) is 9.13. The second-order valence-electron chi connectivity index (χ2n) is 11.8. The van der Waals surface area contributed by atoms with Gasteiger partial charge in [-0.15, -0.1) is 0 Å². The summed E-state index contributed by atoms with van der Waals surface area (Å²) in [6.45, 7) is 4.39. The SMILES string of the molecule is COCCS(=O)(=O)NC(=O)C(C)(C)Oc1ccc(Cl)cc1C1CC(=O)NC(c2cc(F)ccc2C)C12C(=O)Nc1cc(Cl)ccc12. The molecule has 3 N–H and O–H groups in total. The first-order valence-electron chi connectivity index (χ1n) is 14.3. The minimum Gasteiger partial charge on any atom is -0.478 e. The third-order valence-electron chi connectivity index (χ3n) is 8.37. The zero-order valence-corrected chi connectivity index (χ0v) is 27.7. The van der Waals surface area contributed by atoms with Gasteiger partial charge in [0.1, 0.15) is 17.0 Å². The first-order chi connectivity index (χ1) is 21.6. The van der Waals surface area contributed by atoms with E-state index in [2.05, 4.69) is 10.6 Å². The quantitative estimate of drug-likeness (QED) is 0.289. The second kappa shape index (κ2) is 12.5. The Morgan fingerprint density at radius 2 is 1.76 bits per heavy atom. The average molecular weight is 693 g/mol. The van der Waals surface area contributed by atoms with Crippen LogP contribution in [0.5, 0.6) is 5.75 Å². The molecular weight excluding hydrogens is 660 g/mol. The number of piperidine rings is 1. The fourth-order valence-corrected chi connectivity index (χ4v) is 7.53. The molecule has 0 saturated carbocycles. The number of fused-ring (bicyclic) bond motifs is 2. The summed E-state index contributed by atoms with van der Waals surface area (Å²) in [5.74, 6) is -3.73. The minimum atomic E-state index is -4.04. The lowest BCUT2D eigenvalue weighted by molar-refractivity contribution is -0.133. The molecule has 1 fully saturated rings. The Morgan fingerprint density at radius 1 is 1.07 bits per heavy atom. The molecule has 0 aromatic heterocycles. The number of sulfonamides is 1. The number of amides is 3. The van der Waals surface area contributed by atoms with Gasteiger partial charge in [0, 0.05) is 40.7 Å². The van der Waals surface area contributed by atoms with Gasteiger partial charge in [0.05, 0.1) is 18.4 Å². The fourth-order valence-electron chi connectivity index (χ4n) is 6.16. The van der Waals surface area contributed by atoms with Crippen LogP contribution in [0.4, 0.5) is 10.1 Å². The van der Waals surface area contributed by atoms with E-state index in [1.807, 2.05) is 4.72 Å². The van der Waals surface area contributed by atoms with Gasteiger partial charge in [-0.3, -0.25) is 14.4 Å². The third kappa shape index (κ3) is 6.18. The molecule has 1 spiro atoms. The highest BCUT2D eigenvalue weighted by molar-refractivity contribution is 7.90. The molecule has 0 radical (unpaired) electrons. The molecule has 3 atom stereocenters. The number of nitrogens with one attached hydrogen (secondary N) is 3. The lowest BCUT2D eigenvalue weighted by atomic mass is 9.59. The molecule has 2 aliphatic heterocycles. The standard InChI is InChI=1S/C32H32Cl2FN3O7S/c1-17-5-8-20(35)15-21(17)28-32(23-9-6-19(34)14-25(23)36-30(32)41)24(16-27(39)37-28)22-13-18(33)7-10-26(22)45-31(2,3)29(40)38-46(42,43)12-11-44-4/h5-10,13-15,24,28H,11-12,16H2,1-4H3,(H,36,41)(H,37,39)(H,38,40). The van der Waals surface area contributed by atoms with Gasteiger partial charge in [0.2, 0.25) is 21.8 Å². The molecule has 1 saturated heterocycles. The maximum absolute atomic E-state index is 14.7. The number of ether oxygens (including phenoxy) is 2. The predicted octanol–water partition coefficient (Wildman–Crippen LogP) is 4.93. The Hall–Kier alpha value is -3.71. The number of hydrogen-bond acceptors (Lipinski definition) is 7.